The summed E-state index contributed by atoms with van der Waals surface area (Å²) < 4.78 is 16.7. The summed E-state index contributed by atoms with van der Waals surface area (Å²) in [6.45, 7) is 4.22. The average Bonchev–Trinajstić information content (AvgIpc) is 3.41. The van der Waals surface area contributed by atoms with E-state index in [4.69, 9.17) is 14.2 Å². The minimum absolute atomic E-state index is 0.0145. The van der Waals surface area contributed by atoms with Gasteiger partial charge in [-0.3, -0.25) is 9.59 Å². The first-order valence-electron chi connectivity index (χ1n) is 31.1. The molecule has 7 unspecified atom stereocenters. The Morgan fingerprint density at radius 1 is 0.493 bits per heavy atom. The highest BCUT2D eigenvalue weighted by atomic mass is 16.7. The van der Waals surface area contributed by atoms with E-state index in [1.54, 1.807) is 6.08 Å². The fraction of sp³-hybridized carbons (Fsp3) is 0.812. The lowest BCUT2D eigenvalue weighted by atomic mass is 9.99. The van der Waals surface area contributed by atoms with E-state index in [2.05, 4.69) is 67.8 Å². The van der Waals surface area contributed by atoms with Crippen molar-refractivity contribution in [2.45, 2.75) is 314 Å². The summed E-state index contributed by atoms with van der Waals surface area (Å²) in [6, 6.07) is -0.830. The van der Waals surface area contributed by atoms with Gasteiger partial charge in [0.05, 0.1) is 32.0 Å². The van der Waals surface area contributed by atoms with Gasteiger partial charge in [-0.2, -0.15) is 0 Å². The Hall–Kier alpha value is -2.64. The molecule has 1 fully saturated rings. The van der Waals surface area contributed by atoms with Crippen molar-refractivity contribution in [3.8, 4) is 0 Å². The fourth-order valence-corrected chi connectivity index (χ4v) is 9.34. The molecule has 436 valence electrons. The van der Waals surface area contributed by atoms with Gasteiger partial charge >= 0.3 is 5.97 Å². The lowest BCUT2D eigenvalue weighted by Gasteiger charge is -2.40. The minimum Gasteiger partial charge on any atom is -0.466 e. The van der Waals surface area contributed by atoms with Crippen molar-refractivity contribution in [3.05, 3.63) is 60.8 Å². The SMILES string of the molecule is CCCC/C=C\C/C=C\CCCCCCCC(=O)OCCCCCCCCCCCCCC/C=C\CCCCCCCCCCC(=O)NC(COC1OC(CO)C(O)C(O)C1O)C(O)/C=C/CC/C=C/CCCCC. The van der Waals surface area contributed by atoms with E-state index in [1.807, 2.05) is 6.08 Å². The number of nitrogens with one attached hydrogen (secondary N) is 1. The summed E-state index contributed by atoms with van der Waals surface area (Å²) >= 11 is 0. The van der Waals surface area contributed by atoms with E-state index in [-0.39, 0.29) is 18.5 Å². The third-order valence-corrected chi connectivity index (χ3v) is 14.3. The van der Waals surface area contributed by atoms with Crippen molar-refractivity contribution in [1.29, 1.82) is 0 Å². The molecule has 0 saturated carbocycles. The van der Waals surface area contributed by atoms with Gasteiger partial charge in [0.2, 0.25) is 5.91 Å². The van der Waals surface area contributed by atoms with Crippen LogP contribution in [-0.2, 0) is 23.8 Å². The molecule has 11 heteroatoms. The summed E-state index contributed by atoms with van der Waals surface area (Å²) in [5.74, 6) is -0.214. The molecule has 0 bridgehead atoms. The maximum atomic E-state index is 13.0. The second-order valence-corrected chi connectivity index (χ2v) is 21.4. The predicted molar refractivity (Wildman–Crippen MR) is 310 cm³/mol. The molecule has 75 heavy (non-hydrogen) atoms. The van der Waals surface area contributed by atoms with Gasteiger partial charge in [0, 0.05) is 12.8 Å². The van der Waals surface area contributed by atoms with Crippen molar-refractivity contribution in [3.63, 3.8) is 0 Å². The zero-order valence-corrected chi connectivity index (χ0v) is 48.0. The van der Waals surface area contributed by atoms with Crippen molar-refractivity contribution >= 4 is 11.9 Å². The third-order valence-electron chi connectivity index (χ3n) is 14.3. The minimum atomic E-state index is -1.58. The summed E-state index contributed by atoms with van der Waals surface area (Å²) in [4.78, 5) is 25.0. The Balaban J connectivity index is 1.99. The molecular formula is C64H115NO10. The maximum Gasteiger partial charge on any atom is 0.305 e. The van der Waals surface area contributed by atoms with Crippen LogP contribution in [0, 0.1) is 0 Å². The number of esters is 1. The number of amides is 1. The van der Waals surface area contributed by atoms with Crippen LogP contribution in [0.3, 0.4) is 0 Å². The molecule has 0 spiro atoms. The third kappa shape index (κ3) is 43.0. The van der Waals surface area contributed by atoms with E-state index in [0.29, 0.717) is 19.4 Å². The summed E-state index contributed by atoms with van der Waals surface area (Å²) in [5.41, 5.74) is 0. The second-order valence-electron chi connectivity index (χ2n) is 21.4. The number of carbonyl (C=O) groups excluding carboxylic acids is 2. The number of hydrogen-bond donors (Lipinski definition) is 6. The van der Waals surface area contributed by atoms with Crippen LogP contribution >= 0.6 is 0 Å². The van der Waals surface area contributed by atoms with Crippen LogP contribution in [0.1, 0.15) is 271 Å². The Bertz CT molecular complexity index is 1430. The van der Waals surface area contributed by atoms with Crippen LogP contribution in [0.5, 0.6) is 0 Å². The zero-order valence-electron chi connectivity index (χ0n) is 48.0. The normalized spacial score (nSPS) is 19.2. The van der Waals surface area contributed by atoms with E-state index < -0.39 is 49.5 Å². The first-order chi connectivity index (χ1) is 36.7. The van der Waals surface area contributed by atoms with Gasteiger partial charge in [0.25, 0.3) is 0 Å². The molecule has 1 amide bonds. The molecule has 6 N–H and O–H groups in total. The largest absolute Gasteiger partial charge is 0.466 e. The molecule has 1 rings (SSSR count). The summed E-state index contributed by atoms with van der Waals surface area (Å²) in [6.07, 6.45) is 59.1. The van der Waals surface area contributed by atoms with Gasteiger partial charge < -0.3 is 45.1 Å². The number of unbranched alkanes of at least 4 members (excludes halogenated alkanes) is 31. The number of aliphatic hydroxyl groups is 5. The fourth-order valence-electron chi connectivity index (χ4n) is 9.34. The van der Waals surface area contributed by atoms with Crippen molar-refractivity contribution in [1.82, 2.24) is 5.32 Å². The molecule has 1 aliphatic rings. The van der Waals surface area contributed by atoms with Gasteiger partial charge in [-0.05, 0) is 96.3 Å². The average molecular weight is 1060 g/mol. The number of allylic oxidation sites excluding steroid dienone is 9. The topological polar surface area (TPSA) is 175 Å². The summed E-state index contributed by atoms with van der Waals surface area (Å²) in [7, 11) is 0. The molecule has 1 heterocycles. The van der Waals surface area contributed by atoms with Crippen LogP contribution in [0.25, 0.3) is 0 Å². The van der Waals surface area contributed by atoms with Crippen LogP contribution in [0.2, 0.25) is 0 Å². The van der Waals surface area contributed by atoms with Gasteiger partial charge in [-0.15, -0.1) is 0 Å². The van der Waals surface area contributed by atoms with Crippen molar-refractivity contribution < 1.29 is 49.3 Å². The molecule has 0 aromatic rings. The molecule has 1 aliphatic heterocycles. The molecule has 0 aromatic heterocycles. The molecular weight excluding hydrogens is 943 g/mol. The van der Waals surface area contributed by atoms with Gasteiger partial charge in [-0.25, -0.2) is 0 Å². The van der Waals surface area contributed by atoms with Crippen molar-refractivity contribution in [2.24, 2.45) is 0 Å². The molecule has 1 saturated heterocycles. The van der Waals surface area contributed by atoms with E-state index in [1.165, 1.54) is 154 Å². The molecule has 11 nitrogen and oxygen atoms in total. The first-order valence-corrected chi connectivity index (χ1v) is 31.1. The van der Waals surface area contributed by atoms with E-state index in [9.17, 15) is 35.1 Å². The first kappa shape index (κ1) is 70.4. The standard InChI is InChI=1S/C64H115NO10/c1-3-5-7-9-11-13-14-15-29-32-36-40-44-48-52-60(69)73-53-49-45-41-37-33-30-27-25-23-21-19-17-16-18-20-22-24-26-28-31-35-39-43-47-51-59(68)65-56(57(67)50-46-42-38-34-12-10-8-6-4-2)55-74-64-63(72)62(71)61(70)58(54-66)75-64/h9,11-12,14-15,18,20,34,46,50,56-58,61-64,66-67,70-72H,3-8,10,13,16-17,19,21-33,35-45,47-49,51-55H2,1-2H3,(H,65,68)/b11-9-,15-14-,20-18-,34-12+,50-46+. The smallest absolute Gasteiger partial charge is 0.305 e. The summed E-state index contributed by atoms with van der Waals surface area (Å²) in [5, 5.41) is 54.2. The number of aliphatic hydroxyl groups excluding tert-OH is 5. The molecule has 7 atom stereocenters. The predicted octanol–water partition coefficient (Wildman–Crippen LogP) is 14.6. The quantitative estimate of drug-likeness (QED) is 0.0195. The number of carbonyl (C=O) groups is 2. The maximum absolute atomic E-state index is 13.0. The van der Waals surface area contributed by atoms with Crippen molar-refractivity contribution in [2.75, 3.05) is 19.8 Å². The Morgan fingerprint density at radius 3 is 1.44 bits per heavy atom. The molecule has 0 aliphatic carbocycles. The monoisotopic (exact) mass is 1060 g/mol. The molecule has 0 aromatic carbocycles. The van der Waals surface area contributed by atoms with Gasteiger partial charge in [0.15, 0.2) is 6.29 Å². The second kappa shape index (κ2) is 53.4. The van der Waals surface area contributed by atoms with E-state index in [0.717, 1.165) is 89.9 Å². The Kier molecular flexibility index (Phi) is 50.1. The lowest BCUT2D eigenvalue weighted by Crippen LogP contribution is -2.60. The Morgan fingerprint density at radius 2 is 0.920 bits per heavy atom. The van der Waals surface area contributed by atoms with Crippen LogP contribution in [0.4, 0.5) is 0 Å². The van der Waals surface area contributed by atoms with Gasteiger partial charge in [0.1, 0.15) is 24.4 Å². The number of hydrogen-bond acceptors (Lipinski definition) is 10. The number of ether oxygens (including phenoxy) is 3. The Labute approximate surface area is 458 Å². The highest BCUT2D eigenvalue weighted by Crippen LogP contribution is 2.23. The zero-order chi connectivity index (χ0) is 54.5. The van der Waals surface area contributed by atoms with Crippen LogP contribution in [0.15, 0.2) is 60.8 Å². The lowest BCUT2D eigenvalue weighted by molar-refractivity contribution is -0.302. The van der Waals surface area contributed by atoms with E-state index >= 15 is 0 Å². The number of rotatable bonds is 53. The highest BCUT2D eigenvalue weighted by molar-refractivity contribution is 5.76. The highest BCUT2D eigenvalue weighted by Gasteiger charge is 2.44. The molecule has 0 radical (unpaired) electrons. The van der Waals surface area contributed by atoms with Crippen LogP contribution in [-0.4, -0.2) is 100 Å². The van der Waals surface area contributed by atoms with Gasteiger partial charge in [-0.1, -0.05) is 222 Å². The van der Waals surface area contributed by atoms with Crippen LogP contribution < -0.4 is 5.32 Å².